The Labute approximate surface area is 236 Å². The molecule has 9 heteroatoms. The van der Waals surface area contributed by atoms with E-state index in [9.17, 15) is 13.2 Å². The van der Waals surface area contributed by atoms with Crippen LogP contribution in [0.5, 0.6) is 5.75 Å². The smallest absolute Gasteiger partial charge is 0.416 e. The number of hydrogen-bond donors (Lipinski definition) is 1. The van der Waals surface area contributed by atoms with Crippen LogP contribution in [0.25, 0.3) is 10.9 Å². The first kappa shape index (κ1) is 26.9. The molecule has 0 spiro atoms. The Bertz CT molecular complexity index is 1530. The number of para-hydroxylation sites is 1. The van der Waals surface area contributed by atoms with Crippen molar-refractivity contribution in [3.05, 3.63) is 94.6 Å². The van der Waals surface area contributed by atoms with E-state index in [1.165, 1.54) is 0 Å². The van der Waals surface area contributed by atoms with Crippen LogP contribution in [-0.2, 0) is 12.7 Å². The summed E-state index contributed by atoms with van der Waals surface area (Å²) in [5.74, 6) is 0.192. The highest BCUT2D eigenvalue weighted by atomic mass is 35.5. The third kappa shape index (κ3) is 5.75. The summed E-state index contributed by atoms with van der Waals surface area (Å²) in [5, 5.41) is 4.80. The summed E-state index contributed by atoms with van der Waals surface area (Å²) in [7, 11) is 0. The lowest BCUT2D eigenvalue weighted by Gasteiger charge is -2.34. The van der Waals surface area contributed by atoms with E-state index in [2.05, 4.69) is 26.2 Å². The highest BCUT2D eigenvalue weighted by molar-refractivity contribution is 6.31. The van der Waals surface area contributed by atoms with Gasteiger partial charge in [0, 0.05) is 71.8 Å². The topological polar surface area (TPSA) is 40.6 Å². The zero-order valence-electron chi connectivity index (χ0n) is 22.1. The molecule has 1 N–H and O–H groups in total. The third-order valence-electron chi connectivity index (χ3n) is 7.80. The van der Waals surface area contributed by atoms with Gasteiger partial charge in [-0.05, 0) is 49.2 Å². The molecule has 2 atom stereocenters. The van der Waals surface area contributed by atoms with Gasteiger partial charge >= 0.3 is 6.18 Å². The summed E-state index contributed by atoms with van der Waals surface area (Å²) in [6.07, 6.45) is -3.41. The van der Waals surface area contributed by atoms with Crippen molar-refractivity contribution in [3.8, 4) is 5.75 Å². The van der Waals surface area contributed by atoms with Gasteiger partial charge < -0.3 is 10.1 Å². The molecular weight excluding hydrogens is 537 g/mol. The molecule has 0 amide bonds. The number of pyridine rings is 1. The van der Waals surface area contributed by atoms with Crippen molar-refractivity contribution in [1.29, 1.82) is 0 Å². The Hall–Kier alpha value is -3.33. The van der Waals surface area contributed by atoms with Crippen molar-refractivity contribution in [2.24, 2.45) is 0 Å². The summed E-state index contributed by atoms with van der Waals surface area (Å²) < 4.78 is 47.2. The van der Waals surface area contributed by atoms with Gasteiger partial charge in [0.05, 0.1) is 11.1 Å². The number of piperazine rings is 1. The highest BCUT2D eigenvalue weighted by Gasteiger charge is 2.42. The molecule has 0 aliphatic carbocycles. The molecule has 0 saturated carbocycles. The largest absolute Gasteiger partial charge is 0.492 e. The molecular formula is C31H30ClF3N4O. The van der Waals surface area contributed by atoms with Gasteiger partial charge in [0.15, 0.2) is 0 Å². The van der Waals surface area contributed by atoms with E-state index < -0.39 is 11.7 Å². The lowest BCUT2D eigenvalue weighted by molar-refractivity contribution is -0.137. The fourth-order valence-electron chi connectivity index (χ4n) is 5.91. The van der Waals surface area contributed by atoms with Crippen molar-refractivity contribution in [3.63, 3.8) is 0 Å². The number of aryl methyl sites for hydroxylation is 1. The second-order valence-electron chi connectivity index (χ2n) is 10.6. The summed E-state index contributed by atoms with van der Waals surface area (Å²) in [4.78, 5) is 9.37. The lowest BCUT2D eigenvalue weighted by atomic mass is 10.1. The number of alkyl halides is 3. The molecule has 5 nitrogen and oxygen atoms in total. The number of nitrogens with one attached hydrogen (secondary N) is 1. The standard InChI is InChI=1S/C31H30ClF3N4O/c1-20-12-30(27-7-3-5-9-29(27)36-20)37-23-13-22(31(33,34)35)14-26(15-23)40-11-10-38-18-25-16-24(38)19-39(25)17-21-6-2-4-8-28(21)32/h2-9,12-15,24-25H,10-11,16-19H2,1H3,(H,36,37)/t24-,25-/m1/s1. The van der Waals surface area contributed by atoms with Crippen LogP contribution >= 0.6 is 11.6 Å². The van der Waals surface area contributed by atoms with E-state index in [1.807, 2.05) is 55.5 Å². The van der Waals surface area contributed by atoms with E-state index in [4.69, 9.17) is 16.3 Å². The second kappa shape index (κ2) is 10.9. The van der Waals surface area contributed by atoms with Gasteiger partial charge in [-0.25, -0.2) is 0 Å². The fourth-order valence-corrected chi connectivity index (χ4v) is 6.11. The molecule has 2 bridgehead atoms. The Kier molecular flexibility index (Phi) is 7.33. The molecule has 1 aromatic heterocycles. The molecule has 40 heavy (non-hydrogen) atoms. The molecule has 2 fully saturated rings. The van der Waals surface area contributed by atoms with Crippen molar-refractivity contribution in [2.45, 2.75) is 38.1 Å². The predicted octanol–water partition coefficient (Wildman–Crippen LogP) is 7.30. The van der Waals surface area contributed by atoms with Crippen LogP contribution in [-0.4, -0.2) is 53.1 Å². The molecule has 2 aliphatic rings. The van der Waals surface area contributed by atoms with Gasteiger partial charge in [-0.15, -0.1) is 0 Å². The van der Waals surface area contributed by atoms with Crippen LogP contribution in [0.2, 0.25) is 5.02 Å². The van der Waals surface area contributed by atoms with Crippen LogP contribution in [0.1, 0.15) is 23.2 Å². The average molecular weight is 567 g/mol. The molecule has 208 valence electrons. The number of rotatable bonds is 8. The van der Waals surface area contributed by atoms with Gasteiger partial charge in [0.2, 0.25) is 0 Å². The molecule has 3 aromatic carbocycles. The zero-order chi connectivity index (χ0) is 27.9. The van der Waals surface area contributed by atoms with E-state index in [0.717, 1.165) is 65.4 Å². The van der Waals surface area contributed by atoms with E-state index in [1.54, 1.807) is 6.07 Å². The Morgan fingerprint density at radius 2 is 1.73 bits per heavy atom. The number of nitrogens with zero attached hydrogens (tertiary/aromatic N) is 3. The Morgan fingerprint density at radius 1 is 0.975 bits per heavy atom. The predicted molar refractivity (Wildman–Crippen MR) is 152 cm³/mol. The Balaban J connectivity index is 1.11. The number of fused-ring (bicyclic) bond motifs is 3. The van der Waals surface area contributed by atoms with Crippen LogP contribution in [0.15, 0.2) is 72.8 Å². The summed E-state index contributed by atoms with van der Waals surface area (Å²) in [6.45, 7) is 5.53. The molecule has 2 aliphatic heterocycles. The maximum atomic E-state index is 13.8. The van der Waals surface area contributed by atoms with Gasteiger partial charge in [0.25, 0.3) is 0 Å². The first-order valence-electron chi connectivity index (χ1n) is 13.4. The first-order chi connectivity index (χ1) is 19.2. The summed E-state index contributed by atoms with van der Waals surface area (Å²) >= 11 is 6.36. The van der Waals surface area contributed by atoms with Crippen LogP contribution in [0.3, 0.4) is 0 Å². The van der Waals surface area contributed by atoms with Crippen molar-refractivity contribution in [1.82, 2.24) is 14.8 Å². The maximum Gasteiger partial charge on any atom is 0.416 e. The minimum Gasteiger partial charge on any atom is -0.492 e. The number of likely N-dealkylation sites (tertiary alicyclic amines) is 2. The number of benzene rings is 3. The molecule has 0 unspecified atom stereocenters. The van der Waals surface area contributed by atoms with Gasteiger partial charge in [-0.3, -0.25) is 14.8 Å². The van der Waals surface area contributed by atoms with Gasteiger partial charge in [-0.1, -0.05) is 48.0 Å². The summed E-state index contributed by atoms with van der Waals surface area (Å²) in [6, 6.07) is 22.0. The van der Waals surface area contributed by atoms with Crippen LogP contribution in [0, 0.1) is 6.92 Å². The molecule has 4 aromatic rings. The molecule has 3 heterocycles. The Morgan fingerprint density at radius 3 is 2.50 bits per heavy atom. The average Bonchev–Trinajstić information content (AvgIpc) is 3.50. The van der Waals surface area contributed by atoms with Crippen LogP contribution < -0.4 is 10.1 Å². The highest BCUT2D eigenvalue weighted by Crippen LogP contribution is 2.37. The zero-order valence-corrected chi connectivity index (χ0v) is 22.8. The van der Waals surface area contributed by atoms with Crippen molar-refractivity contribution < 1.29 is 17.9 Å². The summed E-state index contributed by atoms with van der Waals surface area (Å²) in [5.41, 5.74) is 2.95. The van der Waals surface area contributed by atoms with E-state index in [0.29, 0.717) is 36.6 Å². The number of hydrogen-bond acceptors (Lipinski definition) is 5. The van der Waals surface area contributed by atoms with Crippen molar-refractivity contribution in [2.75, 3.05) is 31.6 Å². The monoisotopic (exact) mass is 566 g/mol. The number of ether oxygens (including phenoxy) is 1. The van der Waals surface area contributed by atoms with E-state index >= 15 is 0 Å². The minimum atomic E-state index is -4.49. The fraction of sp³-hybridized carbons (Fsp3) is 0.323. The van der Waals surface area contributed by atoms with Gasteiger partial charge in [0.1, 0.15) is 12.4 Å². The number of anilines is 2. The third-order valence-corrected chi connectivity index (χ3v) is 8.17. The lowest BCUT2D eigenvalue weighted by Crippen LogP contribution is -2.47. The SMILES string of the molecule is Cc1cc(Nc2cc(OCCN3C[C@H]4C[C@@H]3CN4Cc3ccccc3Cl)cc(C(F)(F)F)c2)c2ccccc2n1. The van der Waals surface area contributed by atoms with Gasteiger partial charge in [-0.2, -0.15) is 13.2 Å². The second-order valence-corrected chi connectivity index (χ2v) is 11.0. The quantitative estimate of drug-likeness (QED) is 0.242. The molecule has 2 saturated heterocycles. The van der Waals surface area contributed by atoms with Crippen LogP contribution in [0.4, 0.5) is 24.5 Å². The minimum absolute atomic E-state index is 0.192. The molecule has 0 radical (unpaired) electrons. The first-order valence-corrected chi connectivity index (χ1v) is 13.8. The van der Waals surface area contributed by atoms with E-state index in [-0.39, 0.29) is 5.75 Å². The number of halogens is 4. The molecule has 6 rings (SSSR count). The maximum absolute atomic E-state index is 13.8. The number of aromatic nitrogens is 1. The normalized spacial score (nSPS) is 19.4. The van der Waals surface area contributed by atoms with Crippen molar-refractivity contribution >= 4 is 33.9 Å².